The van der Waals surface area contributed by atoms with Gasteiger partial charge in [-0.25, -0.2) is 0 Å². The molecule has 104 valence electrons. The van der Waals surface area contributed by atoms with Crippen LogP contribution in [0.5, 0.6) is 5.75 Å². The van der Waals surface area contributed by atoms with Crippen LogP contribution in [0.4, 0.5) is 5.69 Å². The van der Waals surface area contributed by atoms with Crippen molar-refractivity contribution in [2.24, 2.45) is 0 Å². The van der Waals surface area contributed by atoms with E-state index >= 15 is 0 Å². The SMILES string of the molecule is CSc1cccc(NC(=O)COc2ccc(Cl)cc2)c1. The zero-order valence-electron chi connectivity index (χ0n) is 10.9. The highest BCUT2D eigenvalue weighted by Gasteiger charge is 2.04. The number of thioether (sulfide) groups is 1. The Morgan fingerprint density at radius 3 is 2.70 bits per heavy atom. The summed E-state index contributed by atoms with van der Waals surface area (Å²) in [6.45, 7) is -0.0366. The Labute approximate surface area is 127 Å². The molecular formula is C15H14ClNO2S. The highest BCUT2D eigenvalue weighted by molar-refractivity contribution is 7.98. The van der Waals surface area contributed by atoms with E-state index in [4.69, 9.17) is 16.3 Å². The Morgan fingerprint density at radius 2 is 2.00 bits per heavy atom. The predicted octanol–water partition coefficient (Wildman–Crippen LogP) is 4.08. The van der Waals surface area contributed by atoms with Gasteiger partial charge < -0.3 is 10.1 Å². The third-order valence-corrected chi connectivity index (χ3v) is 3.51. The average molecular weight is 308 g/mol. The van der Waals surface area contributed by atoms with Crippen LogP contribution in [-0.2, 0) is 4.79 Å². The molecule has 0 atom stereocenters. The van der Waals surface area contributed by atoms with Crippen molar-refractivity contribution in [1.82, 2.24) is 0 Å². The molecule has 0 saturated heterocycles. The molecule has 2 aromatic carbocycles. The van der Waals surface area contributed by atoms with Crippen molar-refractivity contribution >= 4 is 35.0 Å². The molecule has 1 N–H and O–H groups in total. The molecule has 0 bridgehead atoms. The molecule has 0 aromatic heterocycles. The lowest BCUT2D eigenvalue weighted by molar-refractivity contribution is -0.118. The smallest absolute Gasteiger partial charge is 0.262 e. The molecule has 0 fully saturated rings. The standard InChI is InChI=1S/C15H14ClNO2S/c1-20-14-4-2-3-12(9-14)17-15(18)10-19-13-7-5-11(16)6-8-13/h2-9H,10H2,1H3,(H,17,18). The van der Waals surface area contributed by atoms with E-state index in [1.807, 2.05) is 30.5 Å². The van der Waals surface area contributed by atoms with E-state index in [2.05, 4.69) is 5.32 Å². The molecular weight excluding hydrogens is 294 g/mol. The van der Waals surface area contributed by atoms with Crippen molar-refractivity contribution in [3.8, 4) is 5.75 Å². The molecule has 0 saturated carbocycles. The number of halogens is 1. The molecule has 1 amide bonds. The number of hydrogen-bond donors (Lipinski definition) is 1. The molecule has 3 nitrogen and oxygen atoms in total. The lowest BCUT2D eigenvalue weighted by Crippen LogP contribution is -2.20. The highest BCUT2D eigenvalue weighted by atomic mass is 35.5. The Balaban J connectivity index is 1.87. The van der Waals surface area contributed by atoms with Crippen LogP contribution >= 0.6 is 23.4 Å². The first kappa shape index (κ1) is 14.8. The van der Waals surface area contributed by atoms with Gasteiger partial charge in [0.2, 0.25) is 0 Å². The van der Waals surface area contributed by atoms with Gasteiger partial charge >= 0.3 is 0 Å². The summed E-state index contributed by atoms with van der Waals surface area (Å²) in [5.74, 6) is 0.417. The maximum atomic E-state index is 11.8. The van der Waals surface area contributed by atoms with E-state index in [1.54, 1.807) is 36.0 Å². The molecule has 0 unspecified atom stereocenters. The number of ether oxygens (including phenoxy) is 1. The average Bonchev–Trinajstić information content (AvgIpc) is 2.47. The molecule has 0 heterocycles. The monoisotopic (exact) mass is 307 g/mol. The quantitative estimate of drug-likeness (QED) is 0.846. The summed E-state index contributed by atoms with van der Waals surface area (Å²) in [7, 11) is 0. The van der Waals surface area contributed by atoms with Gasteiger partial charge in [-0.2, -0.15) is 0 Å². The third kappa shape index (κ3) is 4.47. The largest absolute Gasteiger partial charge is 0.484 e. The second-order valence-electron chi connectivity index (χ2n) is 4.02. The molecule has 20 heavy (non-hydrogen) atoms. The first-order valence-electron chi connectivity index (χ1n) is 5.99. The fourth-order valence-corrected chi connectivity index (χ4v) is 2.16. The number of carbonyl (C=O) groups is 1. The minimum absolute atomic E-state index is 0.0366. The van der Waals surface area contributed by atoms with Gasteiger partial charge in [-0.3, -0.25) is 4.79 Å². The third-order valence-electron chi connectivity index (χ3n) is 2.54. The first-order valence-corrected chi connectivity index (χ1v) is 7.60. The second-order valence-corrected chi connectivity index (χ2v) is 5.34. The Kier molecular flexibility index (Phi) is 5.32. The van der Waals surface area contributed by atoms with Crippen LogP contribution in [-0.4, -0.2) is 18.8 Å². The van der Waals surface area contributed by atoms with Crippen molar-refractivity contribution in [2.45, 2.75) is 4.90 Å². The van der Waals surface area contributed by atoms with Crippen molar-refractivity contribution in [1.29, 1.82) is 0 Å². The maximum absolute atomic E-state index is 11.8. The fourth-order valence-electron chi connectivity index (χ4n) is 1.58. The van der Waals surface area contributed by atoms with Gasteiger partial charge in [0.05, 0.1) is 0 Å². The van der Waals surface area contributed by atoms with Gasteiger partial charge in [-0.1, -0.05) is 17.7 Å². The fraction of sp³-hybridized carbons (Fsp3) is 0.133. The van der Waals surface area contributed by atoms with Crippen molar-refractivity contribution in [2.75, 3.05) is 18.2 Å². The summed E-state index contributed by atoms with van der Waals surface area (Å²) < 4.78 is 5.38. The molecule has 0 aliphatic heterocycles. The van der Waals surface area contributed by atoms with Gasteiger partial charge in [0.15, 0.2) is 6.61 Å². The zero-order valence-corrected chi connectivity index (χ0v) is 12.5. The first-order chi connectivity index (χ1) is 9.67. The van der Waals surface area contributed by atoms with Crippen LogP contribution in [0, 0.1) is 0 Å². The Hall–Kier alpha value is -1.65. The van der Waals surface area contributed by atoms with E-state index in [-0.39, 0.29) is 12.5 Å². The number of nitrogens with one attached hydrogen (secondary N) is 1. The van der Waals surface area contributed by atoms with Gasteiger partial charge in [0.1, 0.15) is 5.75 Å². The van der Waals surface area contributed by atoms with Crippen LogP contribution in [0.15, 0.2) is 53.4 Å². The van der Waals surface area contributed by atoms with Crippen molar-refractivity contribution < 1.29 is 9.53 Å². The summed E-state index contributed by atoms with van der Waals surface area (Å²) in [6, 6.07) is 14.6. The van der Waals surface area contributed by atoms with E-state index in [0.717, 1.165) is 10.6 Å². The number of hydrogen-bond acceptors (Lipinski definition) is 3. The topological polar surface area (TPSA) is 38.3 Å². The van der Waals surface area contributed by atoms with Crippen LogP contribution in [0.3, 0.4) is 0 Å². The number of carbonyl (C=O) groups excluding carboxylic acids is 1. The van der Waals surface area contributed by atoms with E-state index in [1.165, 1.54) is 0 Å². The minimum Gasteiger partial charge on any atom is -0.484 e. The number of amides is 1. The second kappa shape index (κ2) is 7.22. The van der Waals surface area contributed by atoms with Crippen molar-refractivity contribution in [3.05, 3.63) is 53.6 Å². The van der Waals surface area contributed by atoms with E-state index < -0.39 is 0 Å². The van der Waals surface area contributed by atoms with Gasteiger partial charge in [-0.05, 0) is 48.7 Å². The molecule has 0 aliphatic rings. The number of rotatable bonds is 5. The van der Waals surface area contributed by atoms with E-state index in [9.17, 15) is 4.79 Å². The molecule has 0 radical (unpaired) electrons. The summed E-state index contributed by atoms with van der Waals surface area (Å²) >= 11 is 7.40. The Bertz CT molecular complexity index is 587. The highest BCUT2D eigenvalue weighted by Crippen LogP contribution is 2.19. The predicted molar refractivity (Wildman–Crippen MR) is 83.8 cm³/mol. The number of anilines is 1. The summed E-state index contributed by atoms with van der Waals surface area (Å²) in [4.78, 5) is 12.9. The zero-order chi connectivity index (χ0) is 14.4. The summed E-state index contributed by atoms with van der Waals surface area (Å²) in [5, 5.41) is 3.43. The van der Waals surface area contributed by atoms with Crippen LogP contribution in [0.1, 0.15) is 0 Å². The van der Waals surface area contributed by atoms with Gasteiger partial charge in [0.25, 0.3) is 5.91 Å². The Morgan fingerprint density at radius 1 is 1.25 bits per heavy atom. The molecule has 0 aliphatic carbocycles. The maximum Gasteiger partial charge on any atom is 0.262 e. The molecule has 2 rings (SSSR count). The van der Waals surface area contributed by atoms with Gasteiger partial charge in [0, 0.05) is 15.6 Å². The van der Waals surface area contributed by atoms with Crippen LogP contribution in [0.25, 0.3) is 0 Å². The normalized spacial score (nSPS) is 10.1. The van der Waals surface area contributed by atoms with Gasteiger partial charge in [-0.15, -0.1) is 11.8 Å². The molecule has 5 heteroatoms. The molecule has 0 spiro atoms. The number of benzene rings is 2. The summed E-state index contributed by atoms with van der Waals surface area (Å²) in [5.41, 5.74) is 0.765. The van der Waals surface area contributed by atoms with E-state index in [0.29, 0.717) is 10.8 Å². The lowest BCUT2D eigenvalue weighted by Gasteiger charge is -2.08. The minimum atomic E-state index is -0.196. The lowest BCUT2D eigenvalue weighted by atomic mass is 10.3. The van der Waals surface area contributed by atoms with Crippen LogP contribution in [0.2, 0.25) is 5.02 Å². The molecule has 2 aromatic rings. The van der Waals surface area contributed by atoms with Crippen LogP contribution < -0.4 is 10.1 Å². The summed E-state index contributed by atoms with van der Waals surface area (Å²) in [6.07, 6.45) is 1.99. The van der Waals surface area contributed by atoms with Crippen molar-refractivity contribution in [3.63, 3.8) is 0 Å².